The van der Waals surface area contributed by atoms with E-state index in [1.807, 2.05) is 6.07 Å². The molecule has 2 rings (SSSR count). The fourth-order valence-electron chi connectivity index (χ4n) is 0.982. The summed E-state index contributed by atoms with van der Waals surface area (Å²) in [6.07, 6.45) is 0. The third kappa shape index (κ3) is 1.10. The van der Waals surface area contributed by atoms with E-state index in [0.717, 1.165) is 10.2 Å². The first-order valence-corrected chi connectivity index (χ1v) is 4.25. The highest BCUT2D eigenvalue weighted by molar-refractivity contribution is 7.20. The number of hydrogen-bond donors (Lipinski definition) is 1. The zero-order chi connectivity index (χ0) is 8.55. The van der Waals surface area contributed by atoms with Crippen LogP contribution in [0.3, 0.4) is 0 Å². The Labute approximate surface area is 73.2 Å². The summed E-state index contributed by atoms with van der Waals surface area (Å²) < 4.78 is 5.98. The lowest BCUT2D eigenvalue weighted by Crippen LogP contribution is -1.78. The third-order valence-electron chi connectivity index (χ3n) is 1.53. The van der Waals surface area contributed by atoms with Crippen molar-refractivity contribution >= 4 is 21.6 Å². The van der Waals surface area contributed by atoms with Crippen LogP contribution in [-0.2, 0) is 0 Å². The summed E-state index contributed by atoms with van der Waals surface area (Å²) >= 11 is 1.46. The molecule has 4 heteroatoms. The van der Waals surface area contributed by atoms with Crippen molar-refractivity contribution in [1.82, 2.24) is 4.98 Å². The summed E-state index contributed by atoms with van der Waals surface area (Å²) in [6.45, 7) is 0. The van der Waals surface area contributed by atoms with E-state index < -0.39 is 0 Å². The summed E-state index contributed by atoms with van der Waals surface area (Å²) in [4.78, 5) is 4.13. The number of benzene rings is 1. The van der Waals surface area contributed by atoms with Gasteiger partial charge in [0.15, 0.2) is 0 Å². The molecular weight excluding hydrogens is 174 g/mol. The number of ether oxygens (including phenoxy) is 1. The molecule has 0 fully saturated rings. The molecule has 0 aliphatic rings. The summed E-state index contributed by atoms with van der Waals surface area (Å²) in [7, 11) is 1.58. The molecule has 0 saturated carbocycles. The molecule has 0 bridgehead atoms. The Morgan fingerprint density at radius 3 is 3.08 bits per heavy atom. The first-order chi connectivity index (χ1) is 5.79. The van der Waals surface area contributed by atoms with E-state index in [4.69, 9.17) is 9.84 Å². The highest BCUT2D eigenvalue weighted by Gasteiger charge is 2.02. The summed E-state index contributed by atoms with van der Waals surface area (Å²) in [5.74, 6) is 0.232. The second kappa shape index (κ2) is 2.64. The number of aromatic hydroxyl groups is 1. The maximum atomic E-state index is 9.14. The van der Waals surface area contributed by atoms with Crippen molar-refractivity contribution < 1.29 is 9.84 Å². The Balaban J connectivity index is 2.67. The maximum absolute atomic E-state index is 9.14. The molecule has 1 heterocycles. The Kier molecular flexibility index (Phi) is 1.62. The molecule has 0 amide bonds. The minimum absolute atomic E-state index is 0.232. The predicted octanol–water partition coefficient (Wildman–Crippen LogP) is 2.01. The molecule has 62 valence electrons. The van der Waals surface area contributed by atoms with Gasteiger partial charge in [-0.2, -0.15) is 0 Å². The monoisotopic (exact) mass is 181 g/mol. The van der Waals surface area contributed by atoms with E-state index in [2.05, 4.69) is 4.98 Å². The van der Waals surface area contributed by atoms with Crippen LogP contribution in [0.2, 0.25) is 0 Å². The van der Waals surface area contributed by atoms with Gasteiger partial charge in [-0.3, -0.25) is 0 Å². The van der Waals surface area contributed by atoms with Crippen molar-refractivity contribution in [2.45, 2.75) is 0 Å². The molecular formula is C8H7NO2S. The average molecular weight is 181 g/mol. The summed E-state index contributed by atoms with van der Waals surface area (Å²) in [5.41, 5.74) is 0.775. The van der Waals surface area contributed by atoms with Crippen molar-refractivity contribution in [1.29, 1.82) is 0 Å². The second-order valence-corrected chi connectivity index (χ2v) is 3.33. The predicted molar refractivity (Wildman–Crippen MR) is 47.8 cm³/mol. The minimum atomic E-state index is 0.232. The molecule has 0 aliphatic carbocycles. The number of thiazole rings is 1. The zero-order valence-electron chi connectivity index (χ0n) is 6.44. The molecule has 0 spiro atoms. The molecule has 1 aromatic carbocycles. The van der Waals surface area contributed by atoms with Crippen LogP contribution >= 0.6 is 11.3 Å². The van der Waals surface area contributed by atoms with Crippen LogP contribution < -0.4 is 4.74 Å². The Bertz CT molecular complexity index is 410. The molecule has 2 aromatic rings. The average Bonchev–Trinajstić information content (AvgIpc) is 2.46. The van der Waals surface area contributed by atoms with E-state index in [0.29, 0.717) is 5.19 Å². The third-order valence-corrected chi connectivity index (χ3v) is 2.52. The summed E-state index contributed by atoms with van der Waals surface area (Å²) in [6, 6.07) is 5.08. The molecule has 0 atom stereocenters. The highest BCUT2D eigenvalue weighted by Crippen LogP contribution is 2.29. The van der Waals surface area contributed by atoms with E-state index in [1.54, 1.807) is 19.2 Å². The van der Waals surface area contributed by atoms with Crippen LogP contribution in [0.1, 0.15) is 0 Å². The number of phenolic OH excluding ortho intramolecular Hbond substituents is 1. The number of hydrogen-bond acceptors (Lipinski definition) is 4. The van der Waals surface area contributed by atoms with Gasteiger partial charge in [0.2, 0.25) is 0 Å². The largest absolute Gasteiger partial charge is 0.508 e. The van der Waals surface area contributed by atoms with E-state index >= 15 is 0 Å². The van der Waals surface area contributed by atoms with Crippen LogP contribution in [-0.4, -0.2) is 17.2 Å². The lowest BCUT2D eigenvalue weighted by Gasteiger charge is -1.87. The first kappa shape index (κ1) is 7.36. The van der Waals surface area contributed by atoms with Gasteiger partial charge in [0, 0.05) is 6.07 Å². The smallest absolute Gasteiger partial charge is 0.274 e. The molecule has 12 heavy (non-hydrogen) atoms. The Morgan fingerprint density at radius 1 is 1.50 bits per heavy atom. The number of aromatic nitrogens is 1. The minimum Gasteiger partial charge on any atom is -0.508 e. The summed E-state index contributed by atoms with van der Waals surface area (Å²) in [5, 5.41) is 9.76. The van der Waals surface area contributed by atoms with E-state index in [-0.39, 0.29) is 5.75 Å². The van der Waals surface area contributed by atoms with Crippen LogP contribution in [0.4, 0.5) is 0 Å². The molecule has 0 aliphatic heterocycles. The lowest BCUT2D eigenvalue weighted by molar-refractivity contribution is 0.413. The fourth-order valence-corrected chi connectivity index (χ4v) is 1.74. The van der Waals surface area contributed by atoms with Gasteiger partial charge in [-0.25, -0.2) is 4.98 Å². The normalized spacial score (nSPS) is 10.4. The van der Waals surface area contributed by atoms with Gasteiger partial charge in [-0.1, -0.05) is 11.3 Å². The highest BCUT2D eigenvalue weighted by atomic mass is 32.1. The number of methoxy groups -OCH3 is 1. The number of phenols is 1. The number of rotatable bonds is 1. The molecule has 0 unspecified atom stereocenters. The van der Waals surface area contributed by atoms with Gasteiger partial charge in [0.25, 0.3) is 5.19 Å². The van der Waals surface area contributed by atoms with Crippen molar-refractivity contribution in [3.63, 3.8) is 0 Å². The van der Waals surface area contributed by atoms with Crippen molar-refractivity contribution in [2.24, 2.45) is 0 Å². The van der Waals surface area contributed by atoms with Crippen LogP contribution in [0.5, 0.6) is 10.9 Å². The fraction of sp³-hybridized carbons (Fsp3) is 0.125. The van der Waals surface area contributed by atoms with E-state index in [9.17, 15) is 0 Å². The molecule has 1 aromatic heterocycles. The van der Waals surface area contributed by atoms with Gasteiger partial charge in [0.05, 0.1) is 17.3 Å². The quantitative estimate of drug-likeness (QED) is 0.731. The van der Waals surface area contributed by atoms with Gasteiger partial charge in [-0.15, -0.1) is 0 Å². The number of nitrogens with zero attached hydrogens (tertiary/aromatic N) is 1. The lowest BCUT2D eigenvalue weighted by atomic mass is 10.3. The standard InChI is InChI=1S/C8H7NO2S/c1-11-8-9-6-4-5(10)2-3-7(6)12-8/h2-4,10H,1H3. The van der Waals surface area contributed by atoms with Crippen LogP contribution in [0.15, 0.2) is 18.2 Å². The van der Waals surface area contributed by atoms with Crippen molar-refractivity contribution in [3.05, 3.63) is 18.2 Å². The van der Waals surface area contributed by atoms with Crippen LogP contribution in [0.25, 0.3) is 10.2 Å². The van der Waals surface area contributed by atoms with Crippen molar-refractivity contribution in [2.75, 3.05) is 7.11 Å². The zero-order valence-corrected chi connectivity index (χ0v) is 7.26. The van der Waals surface area contributed by atoms with Gasteiger partial charge in [0.1, 0.15) is 5.75 Å². The van der Waals surface area contributed by atoms with Crippen molar-refractivity contribution in [3.8, 4) is 10.9 Å². The first-order valence-electron chi connectivity index (χ1n) is 3.43. The SMILES string of the molecule is COc1nc2cc(O)ccc2s1. The maximum Gasteiger partial charge on any atom is 0.274 e. The topological polar surface area (TPSA) is 42.4 Å². The Morgan fingerprint density at radius 2 is 2.33 bits per heavy atom. The second-order valence-electron chi connectivity index (χ2n) is 2.34. The van der Waals surface area contributed by atoms with Gasteiger partial charge >= 0.3 is 0 Å². The molecule has 0 saturated heterocycles. The van der Waals surface area contributed by atoms with E-state index in [1.165, 1.54) is 11.3 Å². The molecule has 1 N–H and O–H groups in total. The van der Waals surface area contributed by atoms with Gasteiger partial charge in [-0.05, 0) is 12.1 Å². The number of fused-ring (bicyclic) bond motifs is 1. The molecule has 3 nitrogen and oxygen atoms in total. The molecule has 0 radical (unpaired) electrons. The Hall–Kier alpha value is -1.29. The van der Waals surface area contributed by atoms with Crippen LogP contribution in [0, 0.1) is 0 Å². The van der Waals surface area contributed by atoms with Gasteiger partial charge < -0.3 is 9.84 Å².